The number of hydroxylamine groups is 4. The number of ketones is 1. The van der Waals surface area contributed by atoms with Crippen LogP contribution in [0, 0.1) is 0 Å². The fourth-order valence-electron chi connectivity index (χ4n) is 5.72. The van der Waals surface area contributed by atoms with Crippen LogP contribution in [-0.4, -0.2) is 94.1 Å². The summed E-state index contributed by atoms with van der Waals surface area (Å²) >= 11 is 0. The second kappa shape index (κ2) is 14.3. The van der Waals surface area contributed by atoms with Crippen LogP contribution in [0.15, 0.2) is 60.7 Å². The molecule has 0 spiro atoms. The third-order valence-electron chi connectivity index (χ3n) is 8.37. The maximum absolute atomic E-state index is 13.6. The number of hydrogen-bond acceptors (Lipinski definition) is 15. The van der Waals surface area contributed by atoms with Crippen molar-refractivity contribution in [3.8, 4) is 34.5 Å². The molecule has 0 aromatic heterocycles. The van der Waals surface area contributed by atoms with E-state index in [1.807, 2.05) is 0 Å². The van der Waals surface area contributed by atoms with E-state index in [0.29, 0.717) is 0 Å². The zero-order chi connectivity index (χ0) is 39.0. The van der Waals surface area contributed by atoms with Gasteiger partial charge in [0.2, 0.25) is 11.5 Å². The lowest BCUT2D eigenvalue weighted by atomic mass is 9.96. The number of hydrogen-bond donors (Lipinski definition) is 0. The number of methoxy groups -OCH3 is 6. The minimum absolute atomic E-state index is 0.0740. The molecule has 0 radical (unpaired) electrons. The Bertz CT molecular complexity index is 2110. The highest BCUT2D eigenvalue weighted by atomic mass is 16.7. The molecule has 6 rings (SSSR count). The molecule has 2 aliphatic rings. The first-order valence-electron chi connectivity index (χ1n) is 15.6. The molecule has 0 fully saturated rings. The van der Waals surface area contributed by atoms with Crippen molar-refractivity contribution in [1.82, 2.24) is 10.1 Å². The molecule has 0 N–H and O–H groups in total. The van der Waals surface area contributed by atoms with E-state index >= 15 is 0 Å². The molecule has 17 nitrogen and oxygen atoms in total. The topological polar surface area (TPSA) is 200 Å². The highest BCUT2D eigenvalue weighted by Gasteiger charge is 2.42. The Morgan fingerprint density at radius 3 is 1.02 bits per heavy atom. The molecule has 4 aromatic rings. The van der Waals surface area contributed by atoms with Gasteiger partial charge in [0.25, 0.3) is 23.6 Å². The Hall–Kier alpha value is -7.43. The van der Waals surface area contributed by atoms with Crippen LogP contribution >= 0.6 is 0 Å². The quantitative estimate of drug-likeness (QED) is 0.150. The van der Waals surface area contributed by atoms with Crippen LogP contribution in [0.2, 0.25) is 0 Å². The maximum Gasteiger partial charge on any atom is 0.364 e. The van der Waals surface area contributed by atoms with Gasteiger partial charge in [0.1, 0.15) is 0 Å². The van der Waals surface area contributed by atoms with Crippen LogP contribution in [0.4, 0.5) is 0 Å². The van der Waals surface area contributed by atoms with E-state index in [1.54, 1.807) is 0 Å². The van der Waals surface area contributed by atoms with E-state index in [4.69, 9.17) is 38.1 Å². The van der Waals surface area contributed by atoms with Crippen LogP contribution in [0.25, 0.3) is 0 Å². The molecule has 0 saturated carbocycles. The van der Waals surface area contributed by atoms with E-state index in [9.17, 15) is 33.6 Å². The summed E-state index contributed by atoms with van der Waals surface area (Å²) < 4.78 is 31.4. The minimum Gasteiger partial charge on any atom is -0.493 e. The van der Waals surface area contributed by atoms with Gasteiger partial charge < -0.3 is 38.1 Å². The van der Waals surface area contributed by atoms with Crippen LogP contribution in [0.1, 0.15) is 78.1 Å². The molecule has 4 amide bonds. The smallest absolute Gasteiger partial charge is 0.364 e. The summed E-state index contributed by atoms with van der Waals surface area (Å²) in [5.41, 5.74) is -1.17. The molecule has 2 heterocycles. The summed E-state index contributed by atoms with van der Waals surface area (Å²) in [6, 6.07) is 12.3. The Morgan fingerprint density at radius 2 is 0.722 bits per heavy atom. The van der Waals surface area contributed by atoms with Gasteiger partial charge in [-0.15, -0.1) is 0 Å². The lowest BCUT2D eigenvalue weighted by Crippen LogP contribution is -2.32. The first kappa shape index (κ1) is 36.4. The number of rotatable bonds is 12. The van der Waals surface area contributed by atoms with Gasteiger partial charge in [0.15, 0.2) is 28.8 Å². The average Bonchev–Trinajstić information content (AvgIpc) is 3.57. The SMILES string of the molecule is COc1cc(C(=O)ON2C(=O)c3ccc(C(=O)c4ccc5c(c4)C(=O)N(OC(=O)c4cc(OC)c(OC)c(OC)c4)C5=O)cc3C2=O)cc(OC)c1OC. The van der Waals surface area contributed by atoms with Crippen LogP contribution in [0.5, 0.6) is 34.5 Å². The predicted molar refractivity (Wildman–Crippen MR) is 180 cm³/mol. The van der Waals surface area contributed by atoms with Crippen molar-refractivity contribution in [2.45, 2.75) is 0 Å². The summed E-state index contributed by atoms with van der Waals surface area (Å²) in [6.07, 6.45) is 0. The van der Waals surface area contributed by atoms with Crippen molar-refractivity contribution in [3.63, 3.8) is 0 Å². The largest absolute Gasteiger partial charge is 0.493 e. The number of benzene rings is 4. The normalized spacial score (nSPS) is 12.9. The van der Waals surface area contributed by atoms with Gasteiger partial charge in [-0.25, -0.2) is 9.59 Å². The molecule has 0 aliphatic carbocycles. The van der Waals surface area contributed by atoms with E-state index in [0.717, 1.165) is 12.1 Å². The molecule has 17 heteroatoms. The highest BCUT2D eigenvalue weighted by Crippen LogP contribution is 2.40. The van der Waals surface area contributed by atoms with Crippen molar-refractivity contribution < 1.29 is 71.7 Å². The minimum atomic E-state index is -1.10. The van der Waals surface area contributed by atoms with Gasteiger partial charge in [0.05, 0.1) is 76.0 Å². The molecule has 0 saturated heterocycles. The number of nitrogens with zero attached hydrogens (tertiary/aromatic N) is 2. The second-order valence-corrected chi connectivity index (χ2v) is 11.2. The van der Waals surface area contributed by atoms with Crippen molar-refractivity contribution in [2.75, 3.05) is 42.7 Å². The molecule has 0 bridgehead atoms. The average molecular weight is 741 g/mol. The molecule has 4 aromatic carbocycles. The third kappa shape index (κ3) is 6.02. The Kier molecular flexibility index (Phi) is 9.63. The molecule has 276 valence electrons. The first-order chi connectivity index (χ1) is 25.9. The van der Waals surface area contributed by atoms with Gasteiger partial charge in [-0.1, -0.05) is 22.3 Å². The summed E-state index contributed by atoms with van der Waals surface area (Å²) in [5, 5.41) is 0.524. The van der Waals surface area contributed by atoms with Crippen molar-refractivity contribution in [1.29, 1.82) is 0 Å². The number of carbonyl (C=O) groups excluding carboxylic acids is 7. The fraction of sp³-hybridized carbons (Fsp3) is 0.162. The zero-order valence-electron chi connectivity index (χ0n) is 29.3. The Balaban J connectivity index is 1.20. The number of ether oxygens (including phenoxy) is 6. The van der Waals surface area contributed by atoms with Gasteiger partial charge in [-0.2, -0.15) is 0 Å². The third-order valence-corrected chi connectivity index (χ3v) is 8.37. The molecular weight excluding hydrogens is 712 g/mol. The highest BCUT2D eigenvalue weighted by molar-refractivity contribution is 6.24. The van der Waals surface area contributed by atoms with Gasteiger partial charge in [-0.3, -0.25) is 24.0 Å². The fourth-order valence-corrected chi connectivity index (χ4v) is 5.72. The molecule has 2 aliphatic heterocycles. The monoisotopic (exact) mass is 740 g/mol. The van der Waals surface area contributed by atoms with Crippen LogP contribution in [0.3, 0.4) is 0 Å². The van der Waals surface area contributed by atoms with E-state index in [1.165, 1.54) is 91.2 Å². The zero-order valence-corrected chi connectivity index (χ0v) is 29.3. The molecular formula is C37H28N2O15. The molecule has 54 heavy (non-hydrogen) atoms. The van der Waals surface area contributed by atoms with E-state index < -0.39 is 41.4 Å². The van der Waals surface area contributed by atoms with Gasteiger partial charge in [0, 0.05) is 11.1 Å². The summed E-state index contributed by atoms with van der Waals surface area (Å²) in [5.74, 6) is -5.97. The van der Waals surface area contributed by atoms with Crippen molar-refractivity contribution in [3.05, 3.63) is 105 Å². The van der Waals surface area contributed by atoms with E-state index in [-0.39, 0.29) is 89.1 Å². The first-order valence-corrected chi connectivity index (χ1v) is 15.6. The summed E-state index contributed by atoms with van der Waals surface area (Å²) in [7, 11) is 8.08. The number of amides is 4. The number of imide groups is 2. The van der Waals surface area contributed by atoms with E-state index in [2.05, 4.69) is 0 Å². The van der Waals surface area contributed by atoms with Crippen molar-refractivity contribution >= 4 is 41.4 Å². The summed E-state index contributed by atoms with van der Waals surface area (Å²) in [6.45, 7) is 0. The molecule has 0 atom stereocenters. The standard InChI is InChI=1S/C37H28N2O15/c1-47-25-13-19(14-26(48-2)30(25)51-5)36(45)53-38-32(41)21-9-7-17(11-23(21)34(38)43)29(40)18-8-10-22-24(12-18)35(44)39(33(22)42)54-37(46)20-15-27(49-3)31(52-6)28(16-20)50-4/h7-16H,1-6H3. The predicted octanol–water partition coefficient (Wildman–Crippen LogP) is 3.71. The maximum atomic E-state index is 13.6. The number of carbonyl (C=O) groups is 7. The van der Waals surface area contributed by atoms with Crippen LogP contribution < -0.4 is 28.4 Å². The lowest BCUT2D eigenvalue weighted by molar-refractivity contribution is -0.0584. The second-order valence-electron chi connectivity index (χ2n) is 11.2. The number of fused-ring (bicyclic) bond motifs is 2. The Labute approximate surface area is 305 Å². The van der Waals surface area contributed by atoms with Crippen molar-refractivity contribution in [2.24, 2.45) is 0 Å². The lowest BCUT2D eigenvalue weighted by Gasteiger charge is -2.15. The Morgan fingerprint density at radius 1 is 0.407 bits per heavy atom. The van der Waals surface area contributed by atoms with Gasteiger partial charge >= 0.3 is 11.9 Å². The van der Waals surface area contributed by atoms with Gasteiger partial charge in [-0.05, 0) is 48.5 Å². The molecule has 0 unspecified atom stereocenters. The van der Waals surface area contributed by atoms with Crippen LogP contribution in [-0.2, 0) is 9.68 Å². The summed E-state index contributed by atoms with van der Waals surface area (Å²) in [4.78, 5) is 103.